The maximum Gasteiger partial charge on any atom is 0.329 e. The lowest BCUT2D eigenvalue weighted by molar-refractivity contribution is -0.149. The number of hydrogen-bond donors (Lipinski definition) is 2. The molecule has 1 unspecified atom stereocenters. The molecule has 2 N–H and O–H groups in total. The predicted octanol–water partition coefficient (Wildman–Crippen LogP) is 4.28. The minimum absolute atomic E-state index is 0.136. The van der Waals surface area contributed by atoms with Crippen molar-refractivity contribution >= 4 is 35.1 Å². The van der Waals surface area contributed by atoms with Crippen LogP contribution >= 0.6 is 11.6 Å². The Morgan fingerprint density at radius 3 is 2.30 bits per heavy atom. The summed E-state index contributed by atoms with van der Waals surface area (Å²) in [6, 6.07) is 11.1. The molecule has 6 nitrogen and oxygen atoms in total. The Balaban J connectivity index is 1.96. The number of rotatable bonds is 8. The number of esters is 1. The normalized spacial score (nSPS) is 11.7. The number of carbonyl (C=O) groups excluding carboxylic acids is 3. The summed E-state index contributed by atoms with van der Waals surface area (Å²) >= 11 is 5.84. The number of anilines is 1. The molecule has 2 aromatic carbocycles. The highest BCUT2D eigenvalue weighted by molar-refractivity contribution is 6.30. The van der Waals surface area contributed by atoms with E-state index in [1.807, 2.05) is 39.8 Å². The molecule has 7 heteroatoms. The van der Waals surface area contributed by atoms with Crippen LogP contribution in [-0.4, -0.2) is 30.4 Å². The van der Waals surface area contributed by atoms with Crippen molar-refractivity contribution in [2.75, 3.05) is 11.9 Å². The topological polar surface area (TPSA) is 84.5 Å². The van der Waals surface area contributed by atoms with Crippen LogP contribution in [0.5, 0.6) is 0 Å². The molecule has 0 aliphatic heterocycles. The third-order valence-corrected chi connectivity index (χ3v) is 4.66. The van der Waals surface area contributed by atoms with E-state index in [0.29, 0.717) is 22.7 Å². The second-order valence-corrected chi connectivity index (χ2v) is 8.07. The molecule has 30 heavy (non-hydrogen) atoms. The zero-order valence-corrected chi connectivity index (χ0v) is 18.4. The van der Waals surface area contributed by atoms with Crippen molar-refractivity contribution in [3.8, 4) is 0 Å². The summed E-state index contributed by atoms with van der Waals surface area (Å²) in [6.07, 6.45) is 0.386. The maximum atomic E-state index is 12.5. The Morgan fingerprint density at radius 1 is 1.03 bits per heavy atom. The Morgan fingerprint density at radius 2 is 1.70 bits per heavy atom. The number of aryl methyl sites for hydroxylation is 2. The van der Waals surface area contributed by atoms with E-state index in [4.69, 9.17) is 16.3 Å². The molecule has 0 aromatic heterocycles. The molecule has 0 aliphatic rings. The molecular weight excluding hydrogens is 404 g/mol. The third kappa shape index (κ3) is 7.19. The van der Waals surface area contributed by atoms with Gasteiger partial charge in [0.05, 0.1) is 0 Å². The minimum atomic E-state index is -0.859. The van der Waals surface area contributed by atoms with Crippen LogP contribution in [0.4, 0.5) is 5.69 Å². The number of amides is 2. The average Bonchev–Trinajstić information content (AvgIpc) is 2.68. The van der Waals surface area contributed by atoms with Gasteiger partial charge in [-0.1, -0.05) is 43.1 Å². The number of benzene rings is 2. The fourth-order valence-corrected chi connectivity index (χ4v) is 3.03. The molecule has 0 aliphatic carbocycles. The molecular formula is C23H27ClN2O4. The van der Waals surface area contributed by atoms with Gasteiger partial charge in [-0.25, -0.2) is 4.79 Å². The Kier molecular flexibility index (Phi) is 8.42. The van der Waals surface area contributed by atoms with Gasteiger partial charge in [-0.15, -0.1) is 0 Å². The van der Waals surface area contributed by atoms with Crippen LogP contribution in [0.3, 0.4) is 0 Å². The molecule has 2 rings (SSSR count). The quantitative estimate of drug-likeness (QED) is 0.612. The van der Waals surface area contributed by atoms with Gasteiger partial charge in [-0.05, 0) is 62.1 Å². The van der Waals surface area contributed by atoms with E-state index in [2.05, 4.69) is 10.6 Å². The molecule has 1 atom stereocenters. The first-order valence-electron chi connectivity index (χ1n) is 9.76. The maximum absolute atomic E-state index is 12.5. The van der Waals surface area contributed by atoms with E-state index in [1.54, 1.807) is 30.3 Å². The SMILES string of the molecule is Cc1ccc(NC(=O)COC(=O)C(CC(C)C)NC(=O)c2ccc(Cl)cc2)c(C)c1. The second kappa shape index (κ2) is 10.8. The van der Waals surface area contributed by atoms with Crippen LogP contribution in [0.1, 0.15) is 41.8 Å². The minimum Gasteiger partial charge on any atom is -0.454 e. The summed E-state index contributed by atoms with van der Waals surface area (Å²) in [4.78, 5) is 37.2. The standard InChI is InChI=1S/C23H27ClN2O4/c1-14(2)11-20(26-22(28)17-6-8-18(24)9-7-17)23(29)30-13-21(27)25-19-10-5-15(3)12-16(19)4/h5-10,12,14,20H,11,13H2,1-4H3,(H,25,27)(H,26,28). The van der Waals surface area contributed by atoms with Gasteiger partial charge in [0, 0.05) is 16.3 Å². The zero-order chi connectivity index (χ0) is 22.3. The summed E-state index contributed by atoms with van der Waals surface area (Å²) in [5.74, 6) is -1.37. The number of ether oxygens (including phenoxy) is 1. The van der Waals surface area contributed by atoms with E-state index < -0.39 is 30.4 Å². The summed E-state index contributed by atoms with van der Waals surface area (Å²) in [7, 11) is 0. The van der Waals surface area contributed by atoms with Crippen molar-refractivity contribution in [2.45, 2.75) is 40.2 Å². The van der Waals surface area contributed by atoms with Crippen LogP contribution in [0.15, 0.2) is 42.5 Å². The Hall–Kier alpha value is -2.86. The lowest BCUT2D eigenvalue weighted by atomic mass is 10.0. The van der Waals surface area contributed by atoms with Crippen LogP contribution < -0.4 is 10.6 Å². The smallest absolute Gasteiger partial charge is 0.329 e. The number of halogens is 1. The third-order valence-electron chi connectivity index (χ3n) is 4.40. The highest BCUT2D eigenvalue weighted by Gasteiger charge is 2.24. The van der Waals surface area contributed by atoms with E-state index in [1.165, 1.54) is 0 Å². The molecule has 0 radical (unpaired) electrons. The number of carbonyl (C=O) groups is 3. The van der Waals surface area contributed by atoms with Crippen LogP contribution in [-0.2, 0) is 14.3 Å². The average molecular weight is 431 g/mol. The van der Waals surface area contributed by atoms with Gasteiger partial charge in [0.1, 0.15) is 6.04 Å². The van der Waals surface area contributed by atoms with Gasteiger partial charge in [-0.3, -0.25) is 9.59 Å². The lowest BCUT2D eigenvalue weighted by Crippen LogP contribution is -2.43. The predicted molar refractivity (Wildman–Crippen MR) is 118 cm³/mol. The fraction of sp³-hybridized carbons (Fsp3) is 0.348. The van der Waals surface area contributed by atoms with Gasteiger partial charge in [0.25, 0.3) is 11.8 Å². The van der Waals surface area contributed by atoms with Crippen LogP contribution in [0.25, 0.3) is 0 Å². The van der Waals surface area contributed by atoms with Crippen LogP contribution in [0.2, 0.25) is 5.02 Å². The summed E-state index contributed by atoms with van der Waals surface area (Å²) in [6.45, 7) is 7.29. The molecule has 2 amide bonds. The highest BCUT2D eigenvalue weighted by atomic mass is 35.5. The highest BCUT2D eigenvalue weighted by Crippen LogP contribution is 2.16. The first kappa shape index (κ1) is 23.4. The van der Waals surface area contributed by atoms with E-state index >= 15 is 0 Å². The van der Waals surface area contributed by atoms with Gasteiger partial charge in [0.15, 0.2) is 6.61 Å². The van der Waals surface area contributed by atoms with Crippen molar-refractivity contribution < 1.29 is 19.1 Å². The Bertz CT molecular complexity index is 910. The van der Waals surface area contributed by atoms with E-state index in [-0.39, 0.29) is 5.92 Å². The van der Waals surface area contributed by atoms with Gasteiger partial charge < -0.3 is 15.4 Å². The van der Waals surface area contributed by atoms with E-state index in [9.17, 15) is 14.4 Å². The number of hydrogen-bond acceptors (Lipinski definition) is 4. The molecule has 0 heterocycles. The summed E-state index contributed by atoms with van der Waals surface area (Å²) in [5.41, 5.74) is 3.05. The molecule has 160 valence electrons. The molecule has 2 aromatic rings. The summed E-state index contributed by atoms with van der Waals surface area (Å²) in [5, 5.41) is 5.93. The second-order valence-electron chi connectivity index (χ2n) is 7.64. The van der Waals surface area contributed by atoms with Gasteiger partial charge >= 0.3 is 5.97 Å². The van der Waals surface area contributed by atoms with Gasteiger partial charge in [-0.2, -0.15) is 0 Å². The monoisotopic (exact) mass is 430 g/mol. The first-order valence-corrected chi connectivity index (χ1v) is 10.1. The van der Waals surface area contributed by atoms with Gasteiger partial charge in [0.2, 0.25) is 0 Å². The van der Waals surface area contributed by atoms with Crippen LogP contribution in [0, 0.1) is 19.8 Å². The Labute approximate surface area is 182 Å². The molecule has 0 spiro atoms. The summed E-state index contributed by atoms with van der Waals surface area (Å²) < 4.78 is 5.17. The van der Waals surface area contributed by atoms with Crippen molar-refractivity contribution in [1.82, 2.24) is 5.32 Å². The first-order chi connectivity index (χ1) is 14.2. The molecule has 0 saturated carbocycles. The number of nitrogens with one attached hydrogen (secondary N) is 2. The van der Waals surface area contributed by atoms with Crippen molar-refractivity contribution in [2.24, 2.45) is 5.92 Å². The van der Waals surface area contributed by atoms with Crippen molar-refractivity contribution in [3.63, 3.8) is 0 Å². The molecule has 0 fully saturated rings. The largest absolute Gasteiger partial charge is 0.454 e. The lowest BCUT2D eigenvalue weighted by Gasteiger charge is -2.19. The molecule has 0 bridgehead atoms. The fourth-order valence-electron chi connectivity index (χ4n) is 2.91. The van der Waals surface area contributed by atoms with Crippen molar-refractivity contribution in [1.29, 1.82) is 0 Å². The van der Waals surface area contributed by atoms with E-state index in [0.717, 1.165) is 11.1 Å². The van der Waals surface area contributed by atoms with Crippen molar-refractivity contribution in [3.05, 3.63) is 64.2 Å². The zero-order valence-electron chi connectivity index (χ0n) is 17.6. The molecule has 0 saturated heterocycles.